The van der Waals surface area contributed by atoms with E-state index in [0.29, 0.717) is 31.1 Å². The molecule has 0 saturated carbocycles. The zero-order valence-corrected chi connectivity index (χ0v) is 18.1. The third kappa shape index (κ3) is 4.68. The second-order valence-electron chi connectivity index (χ2n) is 8.42. The van der Waals surface area contributed by atoms with Crippen molar-refractivity contribution in [3.63, 3.8) is 0 Å². The van der Waals surface area contributed by atoms with E-state index in [-0.39, 0.29) is 18.3 Å². The number of carboxylic acids is 1. The van der Waals surface area contributed by atoms with Crippen LogP contribution >= 0.6 is 0 Å². The van der Waals surface area contributed by atoms with Crippen LogP contribution < -0.4 is 4.74 Å². The molecule has 164 valence electrons. The molecule has 2 aromatic rings. The van der Waals surface area contributed by atoms with Gasteiger partial charge in [0.1, 0.15) is 11.5 Å². The lowest BCUT2D eigenvalue weighted by molar-refractivity contribution is -0.137. The number of aromatic nitrogens is 1. The summed E-state index contributed by atoms with van der Waals surface area (Å²) in [5, 5.41) is 18.8. The average Bonchev–Trinajstić information content (AvgIpc) is 3.31. The van der Waals surface area contributed by atoms with E-state index in [9.17, 15) is 9.90 Å². The van der Waals surface area contributed by atoms with E-state index < -0.39 is 5.97 Å². The molecule has 0 fully saturated rings. The second kappa shape index (κ2) is 9.00. The summed E-state index contributed by atoms with van der Waals surface area (Å²) in [5.41, 5.74) is 4.25. The second-order valence-corrected chi connectivity index (χ2v) is 8.42. The van der Waals surface area contributed by atoms with Gasteiger partial charge in [-0.05, 0) is 54.0 Å². The summed E-state index contributed by atoms with van der Waals surface area (Å²) >= 11 is 0. The number of aliphatic hydroxyl groups excluding tert-OH is 1. The quantitative estimate of drug-likeness (QED) is 0.604. The van der Waals surface area contributed by atoms with E-state index in [1.165, 1.54) is 5.56 Å². The molecule has 1 aromatic heterocycles. The number of ether oxygens (including phenoxy) is 1. The summed E-state index contributed by atoms with van der Waals surface area (Å²) in [5.74, 6) is 2.21. The number of hydrogen-bond acceptors (Lipinski definition) is 5. The van der Waals surface area contributed by atoms with Crippen LogP contribution in [0.15, 0.2) is 40.5 Å². The van der Waals surface area contributed by atoms with Crippen molar-refractivity contribution in [2.45, 2.75) is 58.3 Å². The first-order valence-electron chi connectivity index (χ1n) is 11.0. The standard InChI is InChI=1S/C25H29NO5/c1-3-23-22(26-25(31-23)20-8-6-18(27)12-15(20)2)10-11-30-19-7-9-21-16(13-19)4-5-17(21)14-24(28)29/h6-9,13,15,17,27H,3-5,10-12,14H2,1-2H3,(H,28,29)/t15?,17-/m0/s1. The summed E-state index contributed by atoms with van der Waals surface area (Å²) < 4.78 is 12.0. The van der Waals surface area contributed by atoms with E-state index in [2.05, 4.69) is 6.92 Å². The molecule has 2 N–H and O–H groups in total. The number of benzene rings is 1. The number of fused-ring (bicyclic) bond motifs is 1. The first-order chi connectivity index (χ1) is 14.9. The molecule has 0 spiro atoms. The first-order valence-corrected chi connectivity index (χ1v) is 11.0. The molecule has 1 unspecified atom stereocenters. The molecular weight excluding hydrogens is 394 g/mol. The molecule has 1 aromatic carbocycles. The van der Waals surface area contributed by atoms with Crippen LogP contribution in [-0.4, -0.2) is 27.8 Å². The summed E-state index contributed by atoms with van der Waals surface area (Å²) in [4.78, 5) is 15.8. The number of oxazole rings is 1. The molecule has 1 heterocycles. The SMILES string of the molecule is CCc1oc(C2=CC=C(O)CC2C)nc1CCOc1ccc2c(c1)CC[C@H]2CC(=O)O. The summed E-state index contributed by atoms with van der Waals surface area (Å²) in [7, 11) is 0. The van der Waals surface area contributed by atoms with Gasteiger partial charge in [0, 0.05) is 24.8 Å². The Morgan fingerprint density at radius 3 is 2.90 bits per heavy atom. The number of aliphatic carboxylic acids is 1. The topological polar surface area (TPSA) is 92.8 Å². The monoisotopic (exact) mass is 423 g/mol. The van der Waals surface area contributed by atoms with Gasteiger partial charge in [0.05, 0.1) is 24.5 Å². The van der Waals surface area contributed by atoms with Crippen molar-refractivity contribution in [2.24, 2.45) is 5.92 Å². The lowest BCUT2D eigenvalue weighted by Crippen LogP contribution is -2.06. The molecule has 2 aliphatic carbocycles. The molecule has 4 rings (SSSR count). The molecule has 0 amide bonds. The third-order valence-corrected chi connectivity index (χ3v) is 6.19. The van der Waals surface area contributed by atoms with Gasteiger partial charge in [0.15, 0.2) is 0 Å². The minimum atomic E-state index is -0.747. The number of nitrogens with zero attached hydrogens (tertiary/aromatic N) is 1. The Labute approximate surface area is 182 Å². The summed E-state index contributed by atoms with van der Waals surface area (Å²) in [6.45, 7) is 4.60. The van der Waals surface area contributed by atoms with Crippen molar-refractivity contribution in [2.75, 3.05) is 6.61 Å². The molecule has 0 aliphatic heterocycles. The van der Waals surface area contributed by atoms with E-state index >= 15 is 0 Å². The maximum atomic E-state index is 11.0. The summed E-state index contributed by atoms with van der Waals surface area (Å²) in [6, 6.07) is 5.98. The number of aliphatic hydroxyl groups is 1. The molecule has 2 atom stereocenters. The number of allylic oxidation sites excluding steroid dienone is 4. The number of hydrogen-bond donors (Lipinski definition) is 2. The van der Waals surface area contributed by atoms with Gasteiger partial charge in [-0.2, -0.15) is 0 Å². The minimum absolute atomic E-state index is 0.107. The molecule has 0 bridgehead atoms. The van der Waals surface area contributed by atoms with E-state index in [4.69, 9.17) is 19.2 Å². The molecule has 0 saturated heterocycles. The van der Waals surface area contributed by atoms with Crippen LogP contribution in [0.4, 0.5) is 0 Å². The van der Waals surface area contributed by atoms with Crippen molar-refractivity contribution in [3.8, 4) is 5.75 Å². The highest BCUT2D eigenvalue weighted by molar-refractivity contribution is 5.68. The van der Waals surface area contributed by atoms with Gasteiger partial charge in [0.2, 0.25) is 5.89 Å². The average molecular weight is 424 g/mol. The molecule has 0 radical (unpaired) electrons. The van der Waals surface area contributed by atoms with Crippen LogP contribution in [0, 0.1) is 5.92 Å². The highest BCUT2D eigenvalue weighted by Crippen LogP contribution is 2.37. The number of aryl methyl sites for hydroxylation is 2. The smallest absolute Gasteiger partial charge is 0.303 e. The van der Waals surface area contributed by atoms with Crippen LogP contribution in [-0.2, 0) is 24.1 Å². The first kappa shape index (κ1) is 21.2. The van der Waals surface area contributed by atoms with Gasteiger partial charge in [0.25, 0.3) is 0 Å². The van der Waals surface area contributed by atoms with E-state index in [1.54, 1.807) is 6.08 Å². The lowest BCUT2D eigenvalue weighted by atomic mass is 9.92. The largest absolute Gasteiger partial charge is 0.512 e. The normalized spacial score (nSPS) is 20.2. The fourth-order valence-corrected chi connectivity index (χ4v) is 4.56. The molecule has 2 aliphatic rings. The van der Waals surface area contributed by atoms with Gasteiger partial charge < -0.3 is 19.4 Å². The van der Waals surface area contributed by atoms with Gasteiger partial charge in [-0.3, -0.25) is 4.79 Å². The number of carbonyl (C=O) groups is 1. The van der Waals surface area contributed by atoms with E-state index in [0.717, 1.165) is 47.6 Å². The predicted octanol–water partition coefficient (Wildman–Crippen LogP) is 5.23. The van der Waals surface area contributed by atoms with Crippen LogP contribution in [0.3, 0.4) is 0 Å². The molecule has 31 heavy (non-hydrogen) atoms. The Bertz CT molecular complexity index is 1030. The Morgan fingerprint density at radius 1 is 1.32 bits per heavy atom. The predicted molar refractivity (Wildman–Crippen MR) is 117 cm³/mol. The fourth-order valence-electron chi connectivity index (χ4n) is 4.56. The number of carboxylic acid groups (broad SMARTS) is 1. The maximum absolute atomic E-state index is 11.0. The maximum Gasteiger partial charge on any atom is 0.303 e. The Kier molecular flexibility index (Phi) is 6.16. The van der Waals surface area contributed by atoms with Crippen molar-refractivity contribution < 1.29 is 24.2 Å². The lowest BCUT2D eigenvalue weighted by Gasteiger charge is -2.16. The van der Waals surface area contributed by atoms with Crippen LogP contribution in [0.1, 0.15) is 67.5 Å². The highest BCUT2D eigenvalue weighted by Gasteiger charge is 2.25. The van der Waals surface area contributed by atoms with Gasteiger partial charge in [-0.1, -0.05) is 26.0 Å². The highest BCUT2D eigenvalue weighted by atomic mass is 16.5. The van der Waals surface area contributed by atoms with Crippen molar-refractivity contribution in [3.05, 3.63) is 64.6 Å². The van der Waals surface area contributed by atoms with Gasteiger partial charge in [-0.25, -0.2) is 4.98 Å². The molecular formula is C25H29NO5. The Morgan fingerprint density at radius 2 is 2.16 bits per heavy atom. The van der Waals surface area contributed by atoms with E-state index in [1.807, 2.05) is 31.2 Å². The molecule has 6 nitrogen and oxygen atoms in total. The number of rotatable bonds is 8. The minimum Gasteiger partial charge on any atom is -0.512 e. The van der Waals surface area contributed by atoms with Gasteiger partial charge in [-0.15, -0.1) is 0 Å². The van der Waals surface area contributed by atoms with Gasteiger partial charge >= 0.3 is 5.97 Å². The zero-order valence-electron chi connectivity index (χ0n) is 18.1. The fraction of sp³-hybridized carbons (Fsp3) is 0.440. The van der Waals surface area contributed by atoms with Crippen molar-refractivity contribution >= 4 is 11.5 Å². The van der Waals surface area contributed by atoms with Crippen molar-refractivity contribution in [1.29, 1.82) is 0 Å². The van der Waals surface area contributed by atoms with Crippen LogP contribution in [0.25, 0.3) is 5.57 Å². The Balaban J connectivity index is 1.40. The third-order valence-electron chi connectivity index (χ3n) is 6.19. The van der Waals surface area contributed by atoms with Crippen molar-refractivity contribution in [1.82, 2.24) is 4.98 Å². The van der Waals surface area contributed by atoms with Crippen LogP contribution in [0.2, 0.25) is 0 Å². The Hall–Kier alpha value is -3.02. The zero-order chi connectivity index (χ0) is 22.0. The molecule has 6 heteroatoms. The van der Waals surface area contributed by atoms with Crippen LogP contribution in [0.5, 0.6) is 5.75 Å². The summed E-state index contributed by atoms with van der Waals surface area (Å²) in [6.07, 6.45) is 7.57.